The fourth-order valence-electron chi connectivity index (χ4n) is 1.48. The first-order valence-electron chi connectivity index (χ1n) is 4.41. The van der Waals surface area contributed by atoms with E-state index in [0.717, 1.165) is 0 Å². The summed E-state index contributed by atoms with van der Waals surface area (Å²) >= 11 is 0. The van der Waals surface area contributed by atoms with E-state index in [1.807, 2.05) is 13.8 Å². The Hall–Kier alpha value is -2.05. The topological polar surface area (TPSA) is 111 Å². The highest BCUT2D eigenvalue weighted by atomic mass is 16.1. The van der Waals surface area contributed by atoms with E-state index in [2.05, 4.69) is 15.3 Å². The molecule has 0 atom stereocenters. The molecule has 0 saturated carbocycles. The Bertz CT molecular complexity index is 458. The molecule has 0 aromatic carbocycles. The number of nitrogens with one attached hydrogen (secondary N) is 1. The van der Waals surface area contributed by atoms with Crippen molar-refractivity contribution in [1.29, 1.82) is 0 Å². The minimum absolute atomic E-state index is 0.151. The van der Waals surface area contributed by atoms with Crippen molar-refractivity contribution in [1.82, 2.24) is 9.66 Å². The predicted molar refractivity (Wildman–Crippen MR) is 55.8 cm³/mol. The average Bonchev–Trinajstić information content (AvgIpc) is 2.45. The van der Waals surface area contributed by atoms with Gasteiger partial charge >= 0.3 is 0 Å². The number of amides is 1. The second kappa shape index (κ2) is 2.72. The summed E-state index contributed by atoms with van der Waals surface area (Å²) in [5, 5.41) is 3.05. The maximum absolute atomic E-state index is 11.2. The van der Waals surface area contributed by atoms with Crippen molar-refractivity contribution in [3.05, 3.63) is 12.0 Å². The van der Waals surface area contributed by atoms with Crippen LogP contribution < -0.4 is 16.9 Å². The maximum Gasteiger partial charge on any atom is 0.269 e. The quantitative estimate of drug-likeness (QED) is 0.515. The molecule has 0 saturated heterocycles. The van der Waals surface area contributed by atoms with Crippen LogP contribution in [0.3, 0.4) is 0 Å². The normalized spacial score (nSPS) is 17.6. The maximum atomic E-state index is 11.2. The number of hydrogen-bond donors (Lipinski definition) is 3. The molecule has 1 aromatic rings. The molecule has 2 heterocycles. The molecule has 15 heavy (non-hydrogen) atoms. The first kappa shape index (κ1) is 9.50. The largest absolute Gasteiger partial charge is 0.364 e. The zero-order chi connectivity index (χ0) is 11.2. The minimum Gasteiger partial charge on any atom is -0.364 e. The van der Waals surface area contributed by atoms with Crippen molar-refractivity contribution in [2.75, 3.05) is 11.2 Å². The number of nitrogens with two attached hydrogens (primary N) is 2. The smallest absolute Gasteiger partial charge is 0.269 e. The summed E-state index contributed by atoms with van der Waals surface area (Å²) in [4.78, 5) is 19.3. The summed E-state index contributed by atoms with van der Waals surface area (Å²) in [6, 6.07) is 0. The van der Waals surface area contributed by atoms with Crippen LogP contribution in [0.4, 0.5) is 5.82 Å². The second-order valence-corrected chi connectivity index (χ2v) is 3.86. The van der Waals surface area contributed by atoms with Crippen molar-refractivity contribution < 1.29 is 4.79 Å². The molecule has 7 heteroatoms. The number of fused-ring (bicyclic) bond motifs is 1. The van der Waals surface area contributed by atoms with E-state index in [1.165, 1.54) is 11.0 Å². The number of nitrogens with zero attached hydrogens (tertiary/aromatic N) is 3. The van der Waals surface area contributed by atoms with Crippen molar-refractivity contribution in [2.45, 2.75) is 19.5 Å². The lowest BCUT2D eigenvalue weighted by atomic mass is 10.1. The number of nitrogen functional groups attached to an aromatic ring is 1. The number of rotatable bonds is 1. The van der Waals surface area contributed by atoms with Crippen LogP contribution in [0.15, 0.2) is 11.3 Å². The predicted octanol–water partition coefficient (Wildman–Crippen LogP) is -0.967. The van der Waals surface area contributed by atoms with Crippen LogP contribution in [0, 0.1) is 0 Å². The number of aromatic nitrogens is 2. The standard InChI is InChI=1S/C8H12N6O/c1-8(2)12-4(6(9)15)5-7(13-8)14(10)3-11-5/h3,13H,10H2,1-2H3,(H2,9,15). The molecular formula is C8H12N6O. The molecule has 7 nitrogen and oxygen atoms in total. The summed E-state index contributed by atoms with van der Waals surface area (Å²) in [6.45, 7) is 3.62. The third-order valence-corrected chi connectivity index (χ3v) is 2.07. The van der Waals surface area contributed by atoms with Gasteiger partial charge < -0.3 is 16.9 Å². The van der Waals surface area contributed by atoms with E-state index in [9.17, 15) is 4.79 Å². The van der Waals surface area contributed by atoms with Gasteiger partial charge in [-0.15, -0.1) is 0 Å². The van der Waals surface area contributed by atoms with Gasteiger partial charge in [-0.25, -0.2) is 14.7 Å². The lowest BCUT2D eigenvalue weighted by molar-refractivity contribution is -0.112. The molecule has 0 spiro atoms. The summed E-state index contributed by atoms with van der Waals surface area (Å²) < 4.78 is 1.30. The average molecular weight is 208 g/mol. The minimum atomic E-state index is -0.617. The molecule has 5 N–H and O–H groups in total. The summed E-state index contributed by atoms with van der Waals surface area (Å²) in [5.41, 5.74) is 5.15. The summed E-state index contributed by atoms with van der Waals surface area (Å²) in [5.74, 6) is 5.57. The lowest BCUT2D eigenvalue weighted by Gasteiger charge is -2.28. The Balaban J connectivity index is 2.61. The zero-order valence-electron chi connectivity index (χ0n) is 8.48. The molecule has 1 aromatic heterocycles. The van der Waals surface area contributed by atoms with E-state index < -0.39 is 11.6 Å². The molecule has 0 fully saturated rings. The molecule has 0 radical (unpaired) electrons. The van der Waals surface area contributed by atoms with Crippen LogP contribution in [-0.4, -0.2) is 26.9 Å². The number of aliphatic imine (C=N–C) groups is 1. The molecule has 0 unspecified atom stereocenters. The SMILES string of the molecule is CC1(C)N=C(C(N)=O)c2ncn(N)c2N1. The molecule has 0 bridgehead atoms. The lowest BCUT2D eigenvalue weighted by Crippen LogP contribution is -2.40. The zero-order valence-corrected chi connectivity index (χ0v) is 8.48. The van der Waals surface area contributed by atoms with Crippen LogP contribution in [0.2, 0.25) is 0 Å². The Morgan fingerprint density at radius 1 is 1.60 bits per heavy atom. The van der Waals surface area contributed by atoms with Crippen molar-refractivity contribution in [3.63, 3.8) is 0 Å². The Labute approximate surface area is 86.1 Å². The second-order valence-electron chi connectivity index (χ2n) is 3.86. The van der Waals surface area contributed by atoms with Gasteiger partial charge in [-0.3, -0.25) is 4.79 Å². The third kappa shape index (κ3) is 1.41. The third-order valence-electron chi connectivity index (χ3n) is 2.07. The number of carbonyl (C=O) groups excluding carboxylic acids is 1. The highest BCUT2D eigenvalue weighted by molar-refractivity contribution is 6.45. The Kier molecular flexibility index (Phi) is 1.72. The van der Waals surface area contributed by atoms with E-state index >= 15 is 0 Å². The van der Waals surface area contributed by atoms with Crippen LogP contribution >= 0.6 is 0 Å². The number of anilines is 1. The first-order chi connectivity index (χ1) is 6.91. The van der Waals surface area contributed by atoms with Gasteiger partial charge in [-0.05, 0) is 13.8 Å². The van der Waals surface area contributed by atoms with Gasteiger partial charge in [0.25, 0.3) is 5.91 Å². The van der Waals surface area contributed by atoms with Gasteiger partial charge in [0.1, 0.15) is 17.7 Å². The van der Waals surface area contributed by atoms with E-state index in [4.69, 9.17) is 11.6 Å². The van der Waals surface area contributed by atoms with E-state index in [0.29, 0.717) is 11.5 Å². The first-order valence-corrected chi connectivity index (χ1v) is 4.41. The van der Waals surface area contributed by atoms with Gasteiger partial charge in [-0.2, -0.15) is 0 Å². The van der Waals surface area contributed by atoms with Crippen molar-refractivity contribution in [2.24, 2.45) is 10.7 Å². The number of carbonyl (C=O) groups is 1. The van der Waals surface area contributed by atoms with Gasteiger partial charge in [0, 0.05) is 0 Å². The van der Waals surface area contributed by atoms with Crippen molar-refractivity contribution in [3.8, 4) is 0 Å². The van der Waals surface area contributed by atoms with Crippen molar-refractivity contribution >= 4 is 17.4 Å². The van der Waals surface area contributed by atoms with Gasteiger partial charge in [-0.1, -0.05) is 0 Å². The van der Waals surface area contributed by atoms with E-state index in [-0.39, 0.29) is 5.71 Å². The molecule has 1 aliphatic heterocycles. The van der Waals surface area contributed by atoms with Crippen LogP contribution in [0.1, 0.15) is 19.5 Å². The van der Waals surface area contributed by atoms with Crippen LogP contribution in [-0.2, 0) is 4.79 Å². The van der Waals surface area contributed by atoms with Gasteiger partial charge in [0.05, 0.1) is 0 Å². The molecular weight excluding hydrogens is 196 g/mol. The molecule has 1 amide bonds. The number of imidazole rings is 1. The fourth-order valence-corrected chi connectivity index (χ4v) is 1.48. The molecule has 0 aliphatic carbocycles. The Morgan fingerprint density at radius 3 is 2.87 bits per heavy atom. The highest BCUT2D eigenvalue weighted by Crippen LogP contribution is 2.25. The van der Waals surface area contributed by atoms with E-state index in [1.54, 1.807) is 0 Å². The fraction of sp³-hybridized carbons (Fsp3) is 0.375. The molecule has 2 rings (SSSR count). The number of hydrogen-bond acceptors (Lipinski definition) is 5. The molecule has 1 aliphatic rings. The van der Waals surface area contributed by atoms with Crippen LogP contribution in [0.5, 0.6) is 0 Å². The van der Waals surface area contributed by atoms with Gasteiger partial charge in [0.15, 0.2) is 11.5 Å². The summed E-state index contributed by atoms with van der Waals surface area (Å²) in [7, 11) is 0. The van der Waals surface area contributed by atoms with Crippen LogP contribution in [0.25, 0.3) is 0 Å². The van der Waals surface area contributed by atoms with Gasteiger partial charge in [0.2, 0.25) is 0 Å². The highest BCUT2D eigenvalue weighted by Gasteiger charge is 2.31. The molecule has 80 valence electrons. The number of primary amides is 1. The monoisotopic (exact) mass is 208 g/mol. The Morgan fingerprint density at radius 2 is 2.27 bits per heavy atom. The summed E-state index contributed by atoms with van der Waals surface area (Å²) in [6.07, 6.45) is 1.40.